The second-order valence-corrected chi connectivity index (χ2v) is 13.7. The van der Waals surface area contributed by atoms with E-state index < -0.39 is 49.5 Å². The van der Waals surface area contributed by atoms with Crippen LogP contribution in [-0.2, 0) is 14.3 Å². The number of aliphatic hydroxyl groups is 5. The number of allylic oxidation sites excluding steroid dienone is 1. The highest BCUT2D eigenvalue weighted by Crippen LogP contribution is 2.22. The molecule has 0 radical (unpaired) electrons. The molecule has 7 atom stereocenters. The van der Waals surface area contributed by atoms with Crippen molar-refractivity contribution in [1.29, 1.82) is 0 Å². The topological polar surface area (TPSA) is 149 Å². The maximum atomic E-state index is 12.8. The van der Waals surface area contributed by atoms with E-state index >= 15 is 0 Å². The van der Waals surface area contributed by atoms with Crippen LogP contribution in [0.4, 0.5) is 0 Å². The fraction of sp³-hybridized carbons (Fsp3) is 0.921. The number of carbonyl (C=O) groups is 1. The first kappa shape index (κ1) is 44.0. The van der Waals surface area contributed by atoms with Gasteiger partial charge < -0.3 is 40.3 Å². The number of nitrogens with one attached hydrogen (secondary N) is 1. The lowest BCUT2D eigenvalue weighted by molar-refractivity contribution is -0.302. The molecule has 278 valence electrons. The van der Waals surface area contributed by atoms with Crippen LogP contribution in [0.15, 0.2) is 12.2 Å². The molecule has 9 nitrogen and oxygen atoms in total. The van der Waals surface area contributed by atoms with E-state index in [4.69, 9.17) is 9.47 Å². The van der Waals surface area contributed by atoms with Crippen molar-refractivity contribution in [3.8, 4) is 0 Å². The zero-order chi connectivity index (χ0) is 34.5. The zero-order valence-corrected chi connectivity index (χ0v) is 30.0. The standard InChI is InChI=1S/C38H73NO8/c1-3-5-7-9-11-13-14-15-16-17-18-19-20-21-23-25-27-32(41)31(39-34(42)28-26-24-22-12-10-8-6-4-2)30-46-38-37(45)36(44)35(43)33(29-40)47-38/h25,27,31-33,35-38,40-41,43-45H,3-24,26,28-30H2,1-2H3,(H,39,42)/b27-25+. The number of ether oxygens (including phenoxy) is 2. The first-order valence-corrected chi connectivity index (χ1v) is 19.4. The van der Waals surface area contributed by atoms with Crippen molar-refractivity contribution >= 4 is 5.91 Å². The molecule has 0 aromatic heterocycles. The molecule has 0 aromatic carbocycles. The van der Waals surface area contributed by atoms with E-state index in [2.05, 4.69) is 19.2 Å². The lowest BCUT2D eigenvalue weighted by Gasteiger charge is -2.40. The van der Waals surface area contributed by atoms with Crippen LogP contribution in [-0.4, -0.2) is 87.5 Å². The lowest BCUT2D eigenvalue weighted by atomic mass is 9.99. The molecular formula is C38H73NO8. The van der Waals surface area contributed by atoms with Crippen molar-refractivity contribution in [2.24, 2.45) is 0 Å². The van der Waals surface area contributed by atoms with Crippen LogP contribution in [0.2, 0.25) is 0 Å². The van der Waals surface area contributed by atoms with Crippen molar-refractivity contribution in [3.05, 3.63) is 12.2 Å². The molecule has 7 unspecified atom stereocenters. The maximum absolute atomic E-state index is 12.8. The Morgan fingerprint density at radius 2 is 1.17 bits per heavy atom. The van der Waals surface area contributed by atoms with Gasteiger partial charge in [-0.3, -0.25) is 4.79 Å². The van der Waals surface area contributed by atoms with Crippen LogP contribution in [0.25, 0.3) is 0 Å². The number of hydrogen-bond donors (Lipinski definition) is 6. The summed E-state index contributed by atoms with van der Waals surface area (Å²) in [4.78, 5) is 12.8. The van der Waals surface area contributed by atoms with Crippen LogP contribution in [0.1, 0.15) is 168 Å². The van der Waals surface area contributed by atoms with Crippen molar-refractivity contribution in [2.45, 2.75) is 211 Å². The molecular weight excluding hydrogens is 598 g/mol. The Kier molecular flexibility index (Phi) is 27.9. The third kappa shape index (κ3) is 21.6. The van der Waals surface area contributed by atoms with Gasteiger partial charge in [-0.25, -0.2) is 0 Å². The molecule has 1 saturated heterocycles. The number of unbranched alkanes of at least 4 members (excludes halogenated alkanes) is 21. The molecule has 6 N–H and O–H groups in total. The summed E-state index contributed by atoms with van der Waals surface area (Å²) in [5.74, 6) is -0.183. The summed E-state index contributed by atoms with van der Waals surface area (Å²) in [6, 6.07) is -0.795. The quantitative estimate of drug-likeness (QED) is 0.0357. The summed E-state index contributed by atoms with van der Waals surface area (Å²) in [6.45, 7) is 3.72. The Labute approximate surface area is 286 Å². The van der Waals surface area contributed by atoms with Gasteiger partial charge in [0, 0.05) is 6.42 Å². The molecule has 1 heterocycles. The SMILES string of the molecule is CCCCCCCCCCCCCCCC/C=C/C(O)C(COC1OC(CO)C(O)C(O)C1O)NC(=O)CCCCCCCCCC. The van der Waals surface area contributed by atoms with Gasteiger partial charge in [-0.1, -0.05) is 154 Å². The van der Waals surface area contributed by atoms with E-state index in [1.54, 1.807) is 6.08 Å². The molecule has 0 aliphatic carbocycles. The van der Waals surface area contributed by atoms with Crippen LogP contribution >= 0.6 is 0 Å². The fourth-order valence-electron chi connectivity index (χ4n) is 6.15. The van der Waals surface area contributed by atoms with E-state index in [0.29, 0.717) is 6.42 Å². The van der Waals surface area contributed by atoms with Gasteiger partial charge in [-0.15, -0.1) is 0 Å². The molecule has 1 fully saturated rings. The average Bonchev–Trinajstić information content (AvgIpc) is 3.07. The second-order valence-electron chi connectivity index (χ2n) is 13.7. The van der Waals surface area contributed by atoms with E-state index in [1.165, 1.54) is 109 Å². The van der Waals surface area contributed by atoms with Crippen LogP contribution in [0.5, 0.6) is 0 Å². The van der Waals surface area contributed by atoms with Gasteiger partial charge in [-0.05, 0) is 19.3 Å². The first-order chi connectivity index (χ1) is 22.8. The molecule has 47 heavy (non-hydrogen) atoms. The minimum Gasteiger partial charge on any atom is -0.394 e. The van der Waals surface area contributed by atoms with Crippen LogP contribution < -0.4 is 5.32 Å². The van der Waals surface area contributed by atoms with Gasteiger partial charge >= 0.3 is 0 Å². The molecule has 1 amide bonds. The van der Waals surface area contributed by atoms with Crippen molar-refractivity contribution in [1.82, 2.24) is 5.32 Å². The Hall–Kier alpha value is -1.07. The normalized spacial score (nSPS) is 22.9. The van der Waals surface area contributed by atoms with Gasteiger partial charge in [-0.2, -0.15) is 0 Å². The van der Waals surface area contributed by atoms with Gasteiger partial charge in [0.2, 0.25) is 5.91 Å². The third-order valence-electron chi connectivity index (χ3n) is 9.36. The highest BCUT2D eigenvalue weighted by molar-refractivity contribution is 5.76. The Morgan fingerprint density at radius 1 is 0.702 bits per heavy atom. The first-order valence-electron chi connectivity index (χ1n) is 19.4. The molecule has 0 aromatic rings. The summed E-state index contributed by atoms with van der Waals surface area (Å²) in [7, 11) is 0. The minimum absolute atomic E-state index is 0.183. The second kappa shape index (κ2) is 29.8. The van der Waals surface area contributed by atoms with Crippen molar-refractivity contribution < 1.29 is 39.8 Å². The highest BCUT2D eigenvalue weighted by atomic mass is 16.7. The predicted octanol–water partition coefficient (Wildman–Crippen LogP) is 6.61. The van der Waals surface area contributed by atoms with Gasteiger partial charge in [0.1, 0.15) is 24.4 Å². The van der Waals surface area contributed by atoms with E-state index in [0.717, 1.165) is 38.5 Å². The van der Waals surface area contributed by atoms with Gasteiger partial charge in [0.15, 0.2) is 6.29 Å². The summed E-state index contributed by atoms with van der Waals surface area (Å²) < 4.78 is 11.1. The Bertz CT molecular complexity index is 751. The molecule has 0 saturated carbocycles. The Balaban J connectivity index is 2.42. The molecule has 1 aliphatic heterocycles. The highest BCUT2D eigenvalue weighted by Gasteiger charge is 2.44. The minimum atomic E-state index is -1.56. The summed E-state index contributed by atoms with van der Waals surface area (Å²) in [5, 5.41) is 53.8. The molecule has 1 aliphatic rings. The van der Waals surface area contributed by atoms with E-state index in [1.807, 2.05) is 6.08 Å². The number of carbonyl (C=O) groups excluding carboxylic acids is 1. The van der Waals surface area contributed by atoms with Crippen molar-refractivity contribution in [3.63, 3.8) is 0 Å². The van der Waals surface area contributed by atoms with Crippen molar-refractivity contribution in [2.75, 3.05) is 13.2 Å². The van der Waals surface area contributed by atoms with Crippen LogP contribution in [0.3, 0.4) is 0 Å². The van der Waals surface area contributed by atoms with E-state index in [-0.39, 0.29) is 12.5 Å². The smallest absolute Gasteiger partial charge is 0.220 e. The van der Waals surface area contributed by atoms with Crippen LogP contribution in [0, 0.1) is 0 Å². The summed E-state index contributed by atoms with van der Waals surface area (Å²) in [5.41, 5.74) is 0. The van der Waals surface area contributed by atoms with Gasteiger partial charge in [0.25, 0.3) is 0 Å². The lowest BCUT2D eigenvalue weighted by Crippen LogP contribution is -2.60. The van der Waals surface area contributed by atoms with Gasteiger partial charge in [0.05, 0.1) is 25.4 Å². The summed E-state index contributed by atoms with van der Waals surface area (Å²) in [6.07, 6.45) is 24.1. The van der Waals surface area contributed by atoms with E-state index in [9.17, 15) is 30.3 Å². The number of hydrogen-bond acceptors (Lipinski definition) is 8. The maximum Gasteiger partial charge on any atom is 0.220 e. The molecule has 1 rings (SSSR count). The third-order valence-corrected chi connectivity index (χ3v) is 9.36. The zero-order valence-electron chi connectivity index (χ0n) is 30.0. The molecule has 9 heteroatoms. The number of rotatable bonds is 31. The monoisotopic (exact) mass is 672 g/mol. The Morgan fingerprint density at radius 3 is 1.66 bits per heavy atom. The largest absolute Gasteiger partial charge is 0.394 e. The molecule has 0 spiro atoms. The average molecular weight is 672 g/mol. The predicted molar refractivity (Wildman–Crippen MR) is 189 cm³/mol. The number of aliphatic hydroxyl groups excluding tert-OH is 5. The molecule has 0 bridgehead atoms. The summed E-state index contributed by atoms with van der Waals surface area (Å²) >= 11 is 0. The fourth-order valence-corrected chi connectivity index (χ4v) is 6.15. The number of amides is 1.